The molecule has 5 N–H and O–H groups in total. The van der Waals surface area contributed by atoms with Gasteiger partial charge in [0.25, 0.3) is 5.91 Å². The average Bonchev–Trinajstić information content (AvgIpc) is 2.83. The summed E-state index contributed by atoms with van der Waals surface area (Å²) in [6.07, 6.45) is -1.51. The molecular formula is C15H18N2O7. The molecule has 1 heterocycles. The number of ether oxygens (including phenoxy) is 1. The molecule has 1 fully saturated rings. The molecule has 0 spiro atoms. The lowest BCUT2D eigenvalue weighted by Gasteiger charge is -2.07. The van der Waals surface area contributed by atoms with E-state index in [-0.39, 0.29) is 19.4 Å². The van der Waals surface area contributed by atoms with Crippen molar-refractivity contribution in [1.82, 2.24) is 5.32 Å². The molecule has 9 heteroatoms. The number of rotatable bonds is 5. The lowest BCUT2D eigenvalue weighted by atomic mass is 10.2. The molecule has 24 heavy (non-hydrogen) atoms. The fourth-order valence-corrected chi connectivity index (χ4v) is 1.60. The quantitative estimate of drug-likeness (QED) is 0.390. The van der Waals surface area contributed by atoms with Crippen LogP contribution < -0.4 is 11.1 Å². The zero-order chi connectivity index (χ0) is 18.1. The van der Waals surface area contributed by atoms with Crippen molar-refractivity contribution >= 4 is 23.8 Å². The van der Waals surface area contributed by atoms with Crippen LogP contribution in [0.5, 0.6) is 0 Å². The number of benzene rings is 1. The molecule has 0 aliphatic carbocycles. The van der Waals surface area contributed by atoms with Crippen LogP contribution in [0.1, 0.15) is 18.4 Å². The van der Waals surface area contributed by atoms with Gasteiger partial charge in [0.1, 0.15) is 18.8 Å². The maximum atomic E-state index is 11.2. The van der Waals surface area contributed by atoms with E-state index >= 15 is 0 Å². The second-order valence-electron chi connectivity index (χ2n) is 4.93. The first-order valence-corrected chi connectivity index (χ1v) is 6.99. The van der Waals surface area contributed by atoms with Gasteiger partial charge in [0, 0.05) is 0 Å². The van der Waals surface area contributed by atoms with E-state index in [1.165, 1.54) is 0 Å². The van der Waals surface area contributed by atoms with Crippen molar-refractivity contribution in [3.05, 3.63) is 35.9 Å². The Bertz CT molecular complexity index is 603. The Morgan fingerprint density at radius 2 is 1.92 bits per heavy atom. The van der Waals surface area contributed by atoms with Crippen molar-refractivity contribution < 1.29 is 34.1 Å². The number of aliphatic hydroxyl groups excluding tert-OH is 1. The molecule has 1 saturated heterocycles. The van der Waals surface area contributed by atoms with Crippen LogP contribution in [-0.4, -0.2) is 46.1 Å². The van der Waals surface area contributed by atoms with Gasteiger partial charge < -0.3 is 20.7 Å². The molecule has 1 aromatic rings. The van der Waals surface area contributed by atoms with Gasteiger partial charge in [0.15, 0.2) is 0 Å². The molecule has 2 amide bonds. The Labute approximate surface area is 137 Å². The summed E-state index contributed by atoms with van der Waals surface area (Å²) < 4.78 is 4.87. The summed E-state index contributed by atoms with van der Waals surface area (Å²) >= 11 is 0. The van der Waals surface area contributed by atoms with E-state index in [0.717, 1.165) is 5.56 Å². The number of carbonyl (C=O) groups is 4. The Hall–Kier alpha value is -2.78. The number of hydrogen-bond acceptors (Lipinski definition) is 7. The molecule has 1 aliphatic heterocycles. The molecule has 0 aromatic heterocycles. The molecule has 0 radical (unpaired) electrons. The summed E-state index contributed by atoms with van der Waals surface area (Å²) in [7, 11) is 0. The van der Waals surface area contributed by atoms with Gasteiger partial charge in [0.2, 0.25) is 5.91 Å². The van der Waals surface area contributed by atoms with Gasteiger partial charge in [0.05, 0.1) is 12.8 Å². The largest absolute Gasteiger partial charge is 0.480 e. The van der Waals surface area contributed by atoms with Crippen LogP contribution in [0.3, 0.4) is 0 Å². The van der Waals surface area contributed by atoms with E-state index in [2.05, 4.69) is 0 Å². The van der Waals surface area contributed by atoms with E-state index in [1.807, 2.05) is 35.6 Å². The van der Waals surface area contributed by atoms with Crippen LogP contribution in [0.15, 0.2) is 30.3 Å². The standard InChI is InChI=1S/C11H13NO4.C4H5NO3/c12-9(11(14)15)6-10(13)16-7-8-4-2-1-3-5-8;6-2-1-3(7)5-4(2)8/h1-5,9H,6-7,12H2,(H,14,15);2,6H,1H2,(H,5,7,8)/t9-;/m0./s1. The predicted molar refractivity (Wildman–Crippen MR) is 80.2 cm³/mol. The number of carboxylic acid groups (broad SMARTS) is 1. The first kappa shape index (κ1) is 19.3. The molecule has 9 nitrogen and oxygen atoms in total. The van der Waals surface area contributed by atoms with Gasteiger partial charge in [-0.1, -0.05) is 30.3 Å². The third kappa shape index (κ3) is 6.99. The fraction of sp³-hybridized carbons (Fsp3) is 0.333. The van der Waals surface area contributed by atoms with Gasteiger partial charge in [-0.3, -0.25) is 24.5 Å². The van der Waals surface area contributed by atoms with Crippen molar-refractivity contribution in [2.75, 3.05) is 0 Å². The maximum absolute atomic E-state index is 11.2. The molecule has 130 valence electrons. The van der Waals surface area contributed by atoms with Crippen molar-refractivity contribution in [3.8, 4) is 0 Å². The first-order chi connectivity index (χ1) is 11.3. The molecule has 2 atom stereocenters. The highest BCUT2D eigenvalue weighted by atomic mass is 16.5. The van der Waals surface area contributed by atoms with Crippen molar-refractivity contribution in [1.29, 1.82) is 0 Å². The number of aliphatic hydroxyl groups is 1. The minimum atomic E-state index is -1.21. The molecule has 1 aromatic carbocycles. The monoisotopic (exact) mass is 338 g/mol. The number of nitrogens with two attached hydrogens (primary N) is 1. The average molecular weight is 338 g/mol. The summed E-state index contributed by atoms with van der Waals surface area (Å²) in [6.45, 7) is 0.131. The number of nitrogens with one attached hydrogen (secondary N) is 1. The molecule has 2 rings (SSSR count). The van der Waals surface area contributed by atoms with Gasteiger partial charge in [-0.2, -0.15) is 0 Å². The minimum Gasteiger partial charge on any atom is -0.480 e. The van der Waals surface area contributed by atoms with Crippen molar-refractivity contribution in [3.63, 3.8) is 0 Å². The Kier molecular flexibility index (Phi) is 7.53. The number of hydrogen-bond donors (Lipinski definition) is 4. The van der Waals surface area contributed by atoms with Crippen molar-refractivity contribution in [2.45, 2.75) is 31.6 Å². The second-order valence-corrected chi connectivity index (χ2v) is 4.93. The second kappa shape index (κ2) is 9.38. The number of aliphatic carboxylic acids is 1. The zero-order valence-electron chi connectivity index (χ0n) is 12.7. The minimum absolute atomic E-state index is 0.0845. The summed E-state index contributed by atoms with van der Waals surface area (Å²) in [4.78, 5) is 41.9. The van der Waals surface area contributed by atoms with Crippen LogP contribution in [-0.2, 0) is 30.5 Å². The summed E-state index contributed by atoms with van der Waals surface area (Å²) in [6, 6.07) is 7.92. The summed E-state index contributed by atoms with van der Waals surface area (Å²) in [5.41, 5.74) is 6.03. The third-order valence-electron chi connectivity index (χ3n) is 2.89. The molecule has 1 unspecified atom stereocenters. The first-order valence-electron chi connectivity index (χ1n) is 6.99. The molecular weight excluding hydrogens is 320 g/mol. The topological polar surface area (TPSA) is 156 Å². The Morgan fingerprint density at radius 3 is 2.33 bits per heavy atom. The number of carbonyl (C=O) groups excluding carboxylic acids is 3. The van der Waals surface area contributed by atoms with E-state index in [1.54, 1.807) is 0 Å². The normalized spacial score (nSPS) is 17.3. The van der Waals surface area contributed by atoms with E-state index in [4.69, 9.17) is 20.7 Å². The van der Waals surface area contributed by atoms with Crippen LogP contribution in [0.2, 0.25) is 0 Å². The SMILES string of the molecule is N[C@@H](CC(=O)OCc1ccccc1)C(=O)O.O=C1CC(O)C(=O)N1. The number of esters is 1. The van der Waals surface area contributed by atoms with Gasteiger partial charge in [-0.15, -0.1) is 0 Å². The summed E-state index contributed by atoms with van der Waals surface area (Å²) in [5, 5.41) is 19.0. The predicted octanol–water partition coefficient (Wildman–Crippen LogP) is -1.07. The molecule has 0 saturated carbocycles. The van der Waals surface area contributed by atoms with Gasteiger partial charge >= 0.3 is 11.9 Å². The van der Waals surface area contributed by atoms with E-state index in [9.17, 15) is 19.2 Å². The van der Waals surface area contributed by atoms with Crippen LogP contribution in [0.4, 0.5) is 0 Å². The summed E-state index contributed by atoms with van der Waals surface area (Å²) in [5.74, 6) is -2.81. The van der Waals surface area contributed by atoms with Crippen LogP contribution in [0.25, 0.3) is 0 Å². The van der Waals surface area contributed by atoms with Crippen molar-refractivity contribution in [2.24, 2.45) is 5.73 Å². The Balaban J connectivity index is 0.000000300. The highest BCUT2D eigenvalue weighted by Crippen LogP contribution is 2.02. The van der Waals surface area contributed by atoms with Gasteiger partial charge in [-0.25, -0.2) is 0 Å². The molecule has 1 aliphatic rings. The lowest BCUT2D eigenvalue weighted by Crippen LogP contribution is -2.33. The lowest BCUT2D eigenvalue weighted by molar-refractivity contribution is -0.149. The molecule has 0 bridgehead atoms. The maximum Gasteiger partial charge on any atom is 0.321 e. The third-order valence-corrected chi connectivity index (χ3v) is 2.89. The number of carboxylic acids is 1. The Morgan fingerprint density at radius 1 is 1.29 bits per heavy atom. The number of imide groups is 1. The zero-order valence-corrected chi connectivity index (χ0v) is 12.7. The highest BCUT2D eigenvalue weighted by molar-refractivity contribution is 6.04. The number of amides is 2. The van der Waals surface area contributed by atoms with E-state index in [0.29, 0.717) is 0 Å². The smallest absolute Gasteiger partial charge is 0.321 e. The van der Waals surface area contributed by atoms with E-state index < -0.39 is 35.9 Å². The van der Waals surface area contributed by atoms with Gasteiger partial charge in [-0.05, 0) is 5.56 Å². The van der Waals surface area contributed by atoms with Crippen LogP contribution in [0, 0.1) is 0 Å². The fourth-order valence-electron chi connectivity index (χ4n) is 1.60. The highest BCUT2D eigenvalue weighted by Gasteiger charge is 2.27. The van der Waals surface area contributed by atoms with Crippen LogP contribution >= 0.6 is 0 Å².